The lowest BCUT2D eigenvalue weighted by atomic mass is 9.69. The third-order valence-electron chi connectivity index (χ3n) is 14.1. The first kappa shape index (κ1) is 35.2. The topological polar surface area (TPSA) is 29.0 Å². The van der Waals surface area contributed by atoms with E-state index >= 15 is 0 Å². The van der Waals surface area contributed by atoms with Crippen LogP contribution in [-0.4, -0.2) is 9.97 Å². The van der Waals surface area contributed by atoms with Crippen LogP contribution < -0.4 is 4.90 Å². The molecule has 0 radical (unpaired) electrons. The molecule has 296 valence electrons. The molecule has 1 unspecified atom stereocenters. The van der Waals surface area contributed by atoms with Crippen molar-refractivity contribution < 1.29 is 0 Å². The van der Waals surface area contributed by atoms with Gasteiger partial charge in [0, 0.05) is 35.0 Å². The van der Waals surface area contributed by atoms with Crippen molar-refractivity contribution in [2.24, 2.45) is 0 Å². The Hall–Kier alpha value is -8.40. The highest BCUT2D eigenvalue weighted by Gasteiger charge is 2.53. The van der Waals surface area contributed by atoms with Gasteiger partial charge in [0.15, 0.2) is 0 Å². The summed E-state index contributed by atoms with van der Waals surface area (Å²) in [4.78, 5) is 11.9. The molecular formula is C61H37N3. The Kier molecular flexibility index (Phi) is 7.32. The summed E-state index contributed by atoms with van der Waals surface area (Å²) in [7, 11) is 0. The van der Waals surface area contributed by atoms with Gasteiger partial charge in [-0.05, 0) is 149 Å². The molecule has 3 nitrogen and oxygen atoms in total. The lowest BCUT2D eigenvalue weighted by molar-refractivity contribution is 0.794. The highest BCUT2D eigenvalue weighted by Crippen LogP contribution is 2.67. The maximum atomic E-state index is 4.83. The molecule has 0 amide bonds. The Balaban J connectivity index is 1.09. The highest BCUT2D eigenvalue weighted by atomic mass is 15.1. The minimum Gasteiger partial charge on any atom is -0.310 e. The minimum absolute atomic E-state index is 0.560. The largest absolute Gasteiger partial charge is 0.310 e. The van der Waals surface area contributed by atoms with Crippen molar-refractivity contribution >= 4 is 38.9 Å². The highest BCUT2D eigenvalue weighted by molar-refractivity contribution is 6.21. The van der Waals surface area contributed by atoms with E-state index in [4.69, 9.17) is 4.98 Å². The van der Waals surface area contributed by atoms with E-state index in [1.807, 2.05) is 6.07 Å². The second-order valence-electron chi connectivity index (χ2n) is 17.2. The number of anilines is 3. The number of benzene rings is 10. The molecule has 0 fully saturated rings. The first-order valence-corrected chi connectivity index (χ1v) is 22.1. The third-order valence-corrected chi connectivity index (χ3v) is 14.1. The van der Waals surface area contributed by atoms with Crippen molar-refractivity contribution in [3.63, 3.8) is 0 Å². The van der Waals surface area contributed by atoms with E-state index in [0.29, 0.717) is 0 Å². The molecule has 3 aliphatic carbocycles. The first-order chi connectivity index (χ1) is 31.8. The normalized spacial score (nSPS) is 14.6. The SMILES string of the molecule is c1ccc(N(c2ccccc2)c2ccc3c(c2)-c2ccccc2C32c3ccccc3-c3c2cc2c(c3-c3cccc(-c4cccc5nccnc45)c3)-c3cccc4cccc-2c34)cc1. The van der Waals surface area contributed by atoms with Crippen LogP contribution in [0.2, 0.25) is 0 Å². The van der Waals surface area contributed by atoms with Crippen LogP contribution in [0.25, 0.3) is 88.6 Å². The fraction of sp³-hybridized carbons (Fsp3) is 0.0164. The van der Waals surface area contributed by atoms with Crippen molar-refractivity contribution in [3.8, 4) is 66.8 Å². The standard InChI is InChI=1S/C61H37N3/c1-3-19-41(20-4-1)64(42-21-5-2-6-22-42)43-31-32-53-49(36-43)45-23-7-9-28-51(45)61(53)52-29-10-8-24-47(52)59-54(61)37-50-46-26-12-15-38-16-13-27-48(56(38)46)58(50)57(59)40-18-11-17-39(35-40)44-25-14-30-55-60(44)63-34-33-62-55/h1-37H. The summed E-state index contributed by atoms with van der Waals surface area (Å²) >= 11 is 0. The predicted octanol–water partition coefficient (Wildman–Crippen LogP) is 15.6. The molecule has 0 bridgehead atoms. The molecule has 1 aromatic heterocycles. The van der Waals surface area contributed by atoms with Gasteiger partial charge in [-0.15, -0.1) is 0 Å². The maximum Gasteiger partial charge on any atom is 0.0965 e. The summed E-state index contributed by atoms with van der Waals surface area (Å²) in [6.45, 7) is 0. The summed E-state index contributed by atoms with van der Waals surface area (Å²) in [6, 6.07) is 78.7. The molecule has 1 heterocycles. The Labute approximate surface area is 371 Å². The quantitative estimate of drug-likeness (QED) is 0.173. The van der Waals surface area contributed by atoms with Gasteiger partial charge in [0.05, 0.1) is 16.4 Å². The van der Waals surface area contributed by atoms with E-state index in [1.165, 1.54) is 88.7 Å². The molecule has 10 aromatic carbocycles. The zero-order valence-corrected chi connectivity index (χ0v) is 34.7. The van der Waals surface area contributed by atoms with E-state index < -0.39 is 5.41 Å². The Morgan fingerprint density at radius 1 is 0.328 bits per heavy atom. The van der Waals surface area contributed by atoms with Crippen LogP contribution >= 0.6 is 0 Å². The average Bonchev–Trinajstić information content (AvgIpc) is 3.96. The van der Waals surface area contributed by atoms with Gasteiger partial charge in [-0.1, -0.05) is 158 Å². The molecule has 64 heavy (non-hydrogen) atoms. The van der Waals surface area contributed by atoms with Gasteiger partial charge in [0.25, 0.3) is 0 Å². The fourth-order valence-corrected chi connectivity index (χ4v) is 11.6. The average molecular weight is 812 g/mol. The fourth-order valence-electron chi connectivity index (χ4n) is 11.6. The Morgan fingerprint density at radius 2 is 0.938 bits per heavy atom. The van der Waals surface area contributed by atoms with Crippen molar-refractivity contribution in [2.75, 3.05) is 4.90 Å². The van der Waals surface area contributed by atoms with Gasteiger partial charge >= 0.3 is 0 Å². The number of hydrogen-bond acceptors (Lipinski definition) is 3. The number of fused-ring (bicyclic) bond motifs is 14. The van der Waals surface area contributed by atoms with Crippen LogP contribution in [0.15, 0.2) is 225 Å². The minimum atomic E-state index is -0.560. The zero-order valence-electron chi connectivity index (χ0n) is 34.7. The van der Waals surface area contributed by atoms with E-state index in [-0.39, 0.29) is 0 Å². The number of para-hydroxylation sites is 3. The summed E-state index contributed by atoms with van der Waals surface area (Å²) < 4.78 is 0. The van der Waals surface area contributed by atoms with Crippen molar-refractivity contribution in [1.29, 1.82) is 0 Å². The number of aromatic nitrogens is 2. The van der Waals surface area contributed by atoms with Crippen LogP contribution in [0, 0.1) is 0 Å². The smallest absolute Gasteiger partial charge is 0.0965 e. The van der Waals surface area contributed by atoms with E-state index in [9.17, 15) is 0 Å². The lowest BCUT2D eigenvalue weighted by Crippen LogP contribution is -2.26. The number of nitrogens with zero attached hydrogens (tertiary/aromatic N) is 3. The van der Waals surface area contributed by atoms with Crippen LogP contribution in [0.4, 0.5) is 17.1 Å². The second kappa shape index (κ2) is 13.3. The van der Waals surface area contributed by atoms with Gasteiger partial charge in [0.1, 0.15) is 0 Å². The van der Waals surface area contributed by atoms with E-state index in [2.05, 4.69) is 216 Å². The molecule has 3 aliphatic rings. The van der Waals surface area contributed by atoms with Crippen LogP contribution in [0.3, 0.4) is 0 Å². The van der Waals surface area contributed by atoms with Crippen molar-refractivity contribution in [1.82, 2.24) is 9.97 Å². The molecule has 0 saturated carbocycles. The summed E-state index contributed by atoms with van der Waals surface area (Å²) in [6.07, 6.45) is 3.56. The molecular weight excluding hydrogens is 775 g/mol. The molecule has 0 saturated heterocycles. The molecule has 0 aliphatic heterocycles. The van der Waals surface area contributed by atoms with Gasteiger partial charge in [-0.2, -0.15) is 0 Å². The van der Waals surface area contributed by atoms with Crippen LogP contribution in [-0.2, 0) is 5.41 Å². The van der Waals surface area contributed by atoms with Gasteiger partial charge in [0.2, 0.25) is 0 Å². The number of rotatable bonds is 5. The monoisotopic (exact) mass is 811 g/mol. The summed E-state index contributed by atoms with van der Waals surface area (Å²) in [5.74, 6) is 0. The summed E-state index contributed by atoms with van der Waals surface area (Å²) in [5, 5.41) is 2.59. The summed E-state index contributed by atoms with van der Waals surface area (Å²) in [5.41, 5.74) is 24.8. The van der Waals surface area contributed by atoms with Crippen molar-refractivity contribution in [3.05, 3.63) is 247 Å². The molecule has 3 heteroatoms. The van der Waals surface area contributed by atoms with Gasteiger partial charge < -0.3 is 4.90 Å². The third kappa shape index (κ3) is 4.70. The predicted molar refractivity (Wildman–Crippen MR) is 263 cm³/mol. The van der Waals surface area contributed by atoms with E-state index in [1.54, 1.807) is 12.4 Å². The first-order valence-electron chi connectivity index (χ1n) is 22.1. The lowest BCUT2D eigenvalue weighted by Gasteiger charge is -2.32. The zero-order chi connectivity index (χ0) is 41.9. The van der Waals surface area contributed by atoms with Crippen LogP contribution in [0.1, 0.15) is 22.3 Å². The Morgan fingerprint density at radius 3 is 1.73 bits per heavy atom. The molecule has 14 rings (SSSR count). The van der Waals surface area contributed by atoms with Gasteiger partial charge in [-0.25, -0.2) is 0 Å². The molecule has 11 aromatic rings. The van der Waals surface area contributed by atoms with E-state index in [0.717, 1.165) is 39.2 Å². The Bertz CT molecular complexity index is 3690. The second-order valence-corrected chi connectivity index (χ2v) is 17.2. The van der Waals surface area contributed by atoms with Crippen LogP contribution in [0.5, 0.6) is 0 Å². The molecule has 1 atom stereocenters. The van der Waals surface area contributed by atoms with Gasteiger partial charge in [-0.3, -0.25) is 9.97 Å². The van der Waals surface area contributed by atoms with Crippen molar-refractivity contribution in [2.45, 2.75) is 5.41 Å². The molecule has 1 spiro atoms. The molecule has 0 N–H and O–H groups in total. The maximum absolute atomic E-state index is 4.83. The number of hydrogen-bond donors (Lipinski definition) is 0.